The lowest BCUT2D eigenvalue weighted by Crippen LogP contribution is -2.21. The molecular weight excluding hydrogens is 224 g/mol. The molecular formula is C15H14N2O. The van der Waals surface area contributed by atoms with Crippen LogP contribution in [-0.4, -0.2) is 10.9 Å². The molecule has 0 unspecified atom stereocenters. The van der Waals surface area contributed by atoms with Crippen molar-refractivity contribution in [3.05, 3.63) is 53.2 Å². The first kappa shape index (κ1) is 11.0. The molecule has 0 spiro atoms. The Labute approximate surface area is 106 Å². The van der Waals surface area contributed by atoms with Gasteiger partial charge in [-0.15, -0.1) is 0 Å². The topological polar surface area (TPSA) is 33.2 Å². The van der Waals surface area contributed by atoms with Gasteiger partial charge in [0, 0.05) is 6.20 Å². The maximum atomic E-state index is 12.1. The maximum absolute atomic E-state index is 12.1. The van der Waals surface area contributed by atoms with Crippen molar-refractivity contribution in [2.45, 2.75) is 20.3 Å². The predicted octanol–water partition coefficient (Wildman–Crippen LogP) is 2.92. The van der Waals surface area contributed by atoms with Crippen LogP contribution in [-0.2, 0) is 11.2 Å². The van der Waals surface area contributed by atoms with Gasteiger partial charge in [-0.05, 0) is 48.7 Å². The molecule has 0 N–H and O–H groups in total. The van der Waals surface area contributed by atoms with Crippen LogP contribution in [0.2, 0.25) is 0 Å². The monoisotopic (exact) mass is 238 g/mol. The van der Waals surface area contributed by atoms with Crippen molar-refractivity contribution in [2.24, 2.45) is 0 Å². The fraction of sp³-hybridized carbons (Fsp3) is 0.200. The molecule has 3 nitrogen and oxygen atoms in total. The molecule has 0 atom stereocenters. The molecule has 2 heterocycles. The van der Waals surface area contributed by atoms with Crippen LogP contribution in [0.15, 0.2) is 36.5 Å². The summed E-state index contributed by atoms with van der Waals surface area (Å²) in [5.41, 5.74) is 4.49. The van der Waals surface area contributed by atoms with Gasteiger partial charge < -0.3 is 0 Å². The van der Waals surface area contributed by atoms with Crippen LogP contribution in [0, 0.1) is 13.8 Å². The van der Waals surface area contributed by atoms with Crippen molar-refractivity contribution in [3.63, 3.8) is 0 Å². The Balaban J connectivity index is 2.15. The molecule has 3 rings (SSSR count). The Kier molecular flexibility index (Phi) is 2.40. The van der Waals surface area contributed by atoms with E-state index in [9.17, 15) is 4.79 Å². The number of fused-ring (bicyclic) bond motifs is 1. The number of nitrogens with zero attached hydrogens (tertiary/aromatic N) is 2. The number of amides is 1. The van der Waals surface area contributed by atoms with Gasteiger partial charge in [-0.25, -0.2) is 4.98 Å². The molecule has 1 amide bonds. The van der Waals surface area contributed by atoms with Gasteiger partial charge in [0.25, 0.3) is 0 Å². The minimum atomic E-state index is 0.0914. The van der Waals surface area contributed by atoms with Crippen molar-refractivity contribution in [1.29, 1.82) is 0 Å². The summed E-state index contributed by atoms with van der Waals surface area (Å²) in [5, 5.41) is 0. The second kappa shape index (κ2) is 3.95. The predicted molar refractivity (Wildman–Crippen MR) is 71.0 cm³/mol. The summed E-state index contributed by atoms with van der Waals surface area (Å²) in [7, 11) is 0. The van der Waals surface area contributed by atoms with E-state index in [0.717, 1.165) is 11.3 Å². The highest BCUT2D eigenvalue weighted by Crippen LogP contribution is 2.35. The number of anilines is 2. The van der Waals surface area contributed by atoms with Gasteiger partial charge in [0.15, 0.2) is 0 Å². The molecule has 1 aliphatic rings. The second-order valence-electron chi connectivity index (χ2n) is 4.66. The lowest BCUT2D eigenvalue weighted by Gasteiger charge is -2.17. The molecule has 1 aliphatic heterocycles. The van der Waals surface area contributed by atoms with Gasteiger partial charge in [-0.1, -0.05) is 12.1 Å². The number of aromatic nitrogens is 1. The summed E-state index contributed by atoms with van der Waals surface area (Å²) in [6, 6.07) is 9.79. The molecule has 0 radical (unpaired) electrons. The molecule has 2 aromatic rings. The Bertz CT molecular complexity index is 620. The van der Waals surface area contributed by atoms with Crippen molar-refractivity contribution in [2.75, 3.05) is 4.90 Å². The van der Waals surface area contributed by atoms with Gasteiger partial charge in [-0.2, -0.15) is 0 Å². The molecule has 1 aromatic carbocycles. The summed E-state index contributed by atoms with van der Waals surface area (Å²) in [6.07, 6.45) is 2.18. The van der Waals surface area contributed by atoms with E-state index in [2.05, 4.69) is 31.0 Å². The molecule has 0 saturated carbocycles. The van der Waals surface area contributed by atoms with Gasteiger partial charge in [0.05, 0.1) is 12.1 Å². The number of carbonyl (C=O) groups is 1. The standard InChI is InChI=1S/C15H14N2O/c1-10-7-12-9-15(18)17(13(12)8-11(10)2)14-5-3-4-6-16-14/h3-8H,9H2,1-2H3. The average Bonchev–Trinajstić information content (AvgIpc) is 2.66. The molecule has 0 bridgehead atoms. The lowest BCUT2D eigenvalue weighted by atomic mass is 10.0. The van der Waals surface area contributed by atoms with Crippen LogP contribution in [0.5, 0.6) is 0 Å². The molecule has 90 valence electrons. The maximum Gasteiger partial charge on any atom is 0.237 e. The zero-order valence-corrected chi connectivity index (χ0v) is 10.5. The molecule has 1 aromatic heterocycles. The molecule has 3 heteroatoms. The van der Waals surface area contributed by atoms with Gasteiger partial charge in [0.1, 0.15) is 5.82 Å². The zero-order chi connectivity index (χ0) is 12.7. The smallest absolute Gasteiger partial charge is 0.237 e. The van der Waals surface area contributed by atoms with Gasteiger partial charge >= 0.3 is 0 Å². The molecule has 0 fully saturated rings. The summed E-state index contributed by atoms with van der Waals surface area (Å²) in [6.45, 7) is 4.14. The van der Waals surface area contributed by atoms with E-state index in [1.165, 1.54) is 11.1 Å². The van der Waals surface area contributed by atoms with E-state index < -0.39 is 0 Å². The van der Waals surface area contributed by atoms with Crippen molar-refractivity contribution >= 4 is 17.4 Å². The first-order valence-corrected chi connectivity index (χ1v) is 6.01. The minimum absolute atomic E-state index is 0.0914. The highest BCUT2D eigenvalue weighted by molar-refractivity contribution is 6.06. The van der Waals surface area contributed by atoms with Crippen LogP contribution >= 0.6 is 0 Å². The quantitative estimate of drug-likeness (QED) is 0.765. The summed E-state index contributed by atoms with van der Waals surface area (Å²) < 4.78 is 0. The van der Waals surface area contributed by atoms with E-state index in [1.54, 1.807) is 11.1 Å². The number of rotatable bonds is 1. The normalized spacial score (nSPS) is 13.9. The van der Waals surface area contributed by atoms with Crippen LogP contribution in [0.1, 0.15) is 16.7 Å². The van der Waals surface area contributed by atoms with E-state index in [-0.39, 0.29) is 5.91 Å². The van der Waals surface area contributed by atoms with E-state index in [0.29, 0.717) is 12.2 Å². The first-order chi connectivity index (χ1) is 8.66. The zero-order valence-electron chi connectivity index (χ0n) is 10.5. The Morgan fingerprint density at radius 3 is 2.67 bits per heavy atom. The minimum Gasteiger partial charge on any atom is -0.274 e. The summed E-state index contributed by atoms with van der Waals surface area (Å²) in [4.78, 5) is 18.1. The van der Waals surface area contributed by atoms with Crippen LogP contribution < -0.4 is 4.90 Å². The van der Waals surface area contributed by atoms with Crippen molar-refractivity contribution in [1.82, 2.24) is 4.98 Å². The Hall–Kier alpha value is -2.16. The fourth-order valence-electron chi connectivity index (χ4n) is 2.32. The second-order valence-corrected chi connectivity index (χ2v) is 4.66. The van der Waals surface area contributed by atoms with Crippen LogP contribution in [0.3, 0.4) is 0 Å². The third-order valence-corrected chi connectivity index (χ3v) is 3.41. The van der Waals surface area contributed by atoms with Crippen LogP contribution in [0.4, 0.5) is 11.5 Å². The number of pyridine rings is 1. The highest BCUT2D eigenvalue weighted by atomic mass is 16.2. The number of benzene rings is 1. The molecule has 0 aliphatic carbocycles. The first-order valence-electron chi connectivity index (χ1n) is 6.01. The Morgan fingerprint density at radius 2 is 1.94 bits per heavy atom. The number of hydrogen-bond donors (Lipinski definition) is 0. The van der Waals surface area contributed by atoms with Crippen LogP contribution in [0.25, 0.3) is 0 Å². The third kappa shape index (κ3) is 1.59. The SMILES string of the molecule is Cc1cc2c(cc1C)N(c1ccccn1)C(=O)C2. The van der Waals surface area contributed by atoms with Crippen molar-refractivity contribution in [3.8, 4) is 0 Å². The number of hydrogen-bond acceptors (Lipinski definition) is 2. The fourth-order valence-corrected chi connectivity index (χ4v) is 2.32. The van der Waals surface area contributed by atoms with E-state index in [1.807, 2.05) is 18.2 Å². The molecule has 0 saturated heterocycles. The highest BCUT2D eigenvalue weighted by Gasteiger charge is 2.29. The summed E-state index contributed by atoms with van der Waals surface area (Å²) in [5.74, 6) is 0.790. The number of aryl methyl sites for hydroxylation is 2. The largest absolute Gasteiger partial charge is 0.274 e. The Morgan fingerprint density at radius 1 is 1.17 bits per heavy atom. The average molecular weight is 238 g/mol. The van der Waals surface area contributed by atoms with E-state index in [4.69, 9.17) is 0 Å². The van der Waals surface area contributed by atoms with Gasteiger partial charge in [0.2, 0.25) is 5.91 Å². The van der Waals surface area contributed by atoms with E-state index >= 15 is 0 Å². The third-order valence-electron chi connectivity index (χ3n) is 3.41. The molecule has 18 heavy (non-hydrogen) atoms. The lowest BCUT2D eigenvalue weighted by molar-refractivity contribution is -0.116. The number of carbonyl (C=O) groups excluding carboxylic acids is 1. The van der Waals surface area contributed by atoms with Gasteiger partial charge in [-0.3, -0.25) is 9.69 Å². The summed E-state index contributed by atoms with van der Waals surface area (Å²) >= 11 is 0. The van der Waals surface area contributed by atoms with Crippen molar-refractivity contribution < 1.29 is 4.79 Å².